The van der Waals surface area contributed by atoms with E-state index in [1.54, 1.807) is 0 Å². The summed E-state index contributed by atoms with van der Waals surface area (Å²) in [6, 6.07) is 21.8. The van der Waals surface area contributed by atoms with E-state index in [4.69, 9.17) is 5.73 Å². The third-order valence-corrected chi connectivity index (χ3v) is 9.73. The molecule has 0 bridgehead atoms. The third-order valence-electron chi connectivity index (χ3n) is 9.73. The highest BCUT2D eigenvalue weighted by Crippen LogP contribution is 2.48. The van der Waals surface area contributed by atoms with Gasteiger partial charge in [-0.15, -0.1) is 0 Å². The number of carboxylic acid groups (broad SMARTS) is 1. The first kappa shape index (κ1) is 33.1. The van der Waals surface area contributed by atoms with Crippen LogP contribution in [0.4, 0.5) is 0 Å². The summed E-state index contributed by atoms with van der Waals surface area (Å²) in [4.78, 5) is 12.2. The van der Waals surface area contributed by atoms with E-state index < -0.39 is 5.97 Å². The number of carboxylic acids is 1. The maximum absolute atomic E-state index is 12.2. The van der Waals surface area contributed by atoms with Gasteiger partial charge in [-0.2, -0.15) is 0 Å². The molecule has 0 unspecified atom stereocenters. The lowest BCUT2D eigenvalue weighted by Gasteiger charge is -2.37. The highest BCUT2D eigenvalue weighted by molar-refractivity contribution is 5.67. The molecule has 3 nitrogen and oxygen atoms in total. The number of unbranched alkanes of at least 4 members (excludes halogenated alkanes) is 4. The van der Waals surface area contributed by atoms with Crippen LogP contribution in [-0.2, 0) is 16.6 Å². The number of rotatable bonds is 21. The Hall–Kier alpha value is -2.39. The Morgan fingerprint density at radius 1 is 0.878 bits per heavy atom. The maximum Gasteiger partial charge on any atom is 0.303 e. The highest BCUT2D eigenvalue weighted by atomic mass is 16.4. The average Bonchev–Trinajstić information content (AvgIpc) is 3.47. The second-order valence-corrected chi connectivity index (χ2v) is 12.8. The molecule has 0 radical (unpaired) electrons. The van der Waals surface area contributed by atoms with Crippen molar-refractivity contribution in [1.82, 2.24) is 0 Å². The fourth-order valence-corrected chi connectivity index (χ4v) is 7.36. The molecule has 3 rings (SSSR count). The summed E-state index contributed by atoms with van der Waals surface area (Å²) in [5.41, 5.74) is 9.11. The van der Waals surface area contributed by atoms with E-state index >= 15 is 0 Å². The minimum absolute atomic E-state index is 0.113. The standard InChI is InChI=1S/C38H57NO2/c1-2-3-4-5-6-7-10-19-33(23-22-32-17-11-8-12-18-32)24-25-34(26-29-39)35(30-37(40)41)31-38(27-15-16-28-38)36-20-13-9-14-21-36/h7-14,17-18,20-21,33-35H,2-6,15-16,19,22-31,39H2,1H3,(H,40,41)/b10-7-/t33-,34+,35+/m0/s1. The van der Waals surface area contributed by atoms with Gasteiger partial charge in [-0.3, -0.25) is 4.79 Å². The summed E-state index contributed by atoms with van der Waals surface area (Å²) in [5.74, 6) is 0.472. The molecule has 1 fully saturated rings. The van der Waals surface area contributed by atoms with Gasteiger partial charge in [0.2, 0.25) is 0 Å². The van der Waals surface area contributed by atoms with E-state index in [1.165, 1.54) is 75.3 Å². The van der Waals surface area contributed by atoms with Gasteiger partial charge in [-0.1, -0.05) is 112 Å². The van der Waals surface area contributed by atoms with Crippen molar-refractivity contribution >= 4 is 5.97 Å². The fourth-order valence-electron chi connectivity index (χ4n) is 7.36. The number of carbonyl (C=O) groups is 1. The first-order valence-electron chi connectivity index (χ1n) is 16.7. The Morgan fingerprint density at radius 3 is 2.24 bits per heavy atom. The van der Waals surface area contributed by atoms with Crippen molar-refractivity contribution in [3.63, 3.8) is 0 Å². The third kappa shape index (κ3) is 11.8. The Morgan fingerprint density at radius 2 is 1.59 bits per heavy atom. The number of aryl methyl sites for hydroxylation is 1. The predicted molar refractivity (Wildman–Crippen MR) is 174 cm³/mol. The molecule has 3 heteroatoms. The van der Waals surface area contributed by atoms with Crippen LogP contribution in [0, 0.1) is 17.8 Å². The molecule has 0 amide bonds. The second kappa shape index (κ2) is 18.9. The van der Waals surface area contributed by atoms with Crippen molar-refractivity contribution in [2.45, 2.75) is 121 Å². The lowest BCUT2D eigenvalue weighted by molar-refractivity contribution is -0.138. The molecule has 0 aromatic heterocycles. The molecule has 3 atom stereocenters. The number of aliphatic carboxylic acids is 1. The number of benzene rings is 2. The second-order valence-electron chi connectivity index (χ2n) is 12.8. The molecule has 1 saturated carbocycles. The molecule has 226 valence electrons. The minimum Gasteiger partial charge on any atom is -0.481 e. The smallest absolute Gasteiger partial charge is 0.303 e. The van der Waals surface area contributed by atoms with Crippen molar-refractivity contribution in [2.75, 3.05) is 6.54 Å². The predicted octanol–water partition coefficient (Wildman–Crippen LogP) is 9.89. The molecule has 1 aliphatic carbocycles. The van der Waals surface area contributed by atoms with Gasteiger partial charge in [-0.05, 0) is 111 Å². The molecule has 1 aliphatic rings. The monoisotopic (exact) mass is 559 g/mol. The molecule has 2 aromatic carbocycles. The summed E-state index contributed by atoms with van der Waals surface area (Å²) >= 11 is 0. The number of hydrogen-bond donors (Lipinski definition) is 2. The summed E-state index contributed by atoms with van der Waals surface area (Å²) in [5, 5.41) is 10.00. The van der Waals surface area contributed by atoms with Gasteiger partial charge >= 0.3 is 5.97 Å². The lowest BCUT2D eigenvalue weighted by Crippen LogP contribution is -2.31. The van der Waals surface area contributed by atoms with Crippen molar-refractivity contribution in [2.24, 2.45) is 23.5 Å². The Balaban J connectivity index is 1.70. The SMILES string of the molecule is CCCCCC/C=C\C[C@@H](CCc1ccccc1)CC[C@H](CCN)[C@H](CC(=O)O)CC1(c2ccccc2)CCCC1. The molecule has 3 N–H and O–H groups in total. The van der Waals surface area contributed by atoms with Crippen LogP contribution in [0.2, 0.25) is 0 Å². The van der Waals surface area contributed by atoms with Crippen LogP contribution in [-0.4, -0.2) is 17.6 Å². The first-order chi connectivity index (χ1) is 20.1. The van der Waals surface area contributed by atoms with Gasteiger partial charge in [0.15, 0.2) is 0 Å². The fraction of sp³-hybridized carbons (Fsp3) is 0.605. The Bertz CT molecular complexity index is 980. The topological polar surface area (TPSA) is 63.3 Å². The maximum atomic E-state index is 12.2. The molecule has 0 saturated heterocycles. The van der Waals surface area contributed by atoms with Crippen LogP contribution in [0.25, 0.3) is 0 Å². The number of hydrogen-bond acceptors (Lipinski definition) is 2. The van der Waals surface area contributed by atoms with Crippen molar-refractivity contribution in [3.8, 4) is 0 Å². The van der Waals surface area contributed by atoms with Crippen LogP contribution in [0.3, 0.4) is 0 Å². The van der Waals surface area contributed by atoms with Crippen molar-refractivity contribution in [1.29, 1.82) is 0 Å². The van der Waals surface area contributed by atoms with Crippen LogP contribution < -0.4 is 5.73 Å². The van der Waals surface area contributed by atoms with E-state index in [2.05, 4.69) is 79.7 Å². The zero-order chi connectivity index (χ0) is 29.2. The zero-order valence-electron chi connectivity index (χ0n) is 25.8. The summed E-state index contributed by atoms with van der Waals surface area (Å²) in [7, 11) is 0. The van der Waals surface area contributed by atoms with E-state index in [0.29, 0.717) is 18.4 Å². The molecule has 0 aliphatic heterocycles. The molecular formula is C38H57NO2. The Kier molecular flexibility index (Phi) is 15.3. The molecule has 41 heavy (non-hydrogen) atoms. The van der Waals surface area contributed by atoms with Gasteiger partial charge in [0, 0.05) is 6.42 Å². The molecule has 0 heterocycles. The normalized spacial score (nSPS) is 17.0. The number of nitrogens with two attached hydrogens (primary N) is 1. The van der Waals surface area contributed by atoms with E-state index in [1.807, 2.05) is 0 Å². The lowest BCUT2D eigenvalue weighted by atomic mass is 9.67. The van der Waals surface area contributed by atoms with Gasteiger partial charge in [0.05, 0.1) is 0 Å². The first-order valence-corrected chi connectivity index (χ1v) is 16.7. The summed E-state index contributed by atoms with van der Waals surface area (Å²) in [6.07, 6.45) is 23.8. The van der Waals surface area contributed by atoms with Crippen LogP contribution >= 0.6 is 0 Å². The van der Waals surface area contributed by atoms with Gasteiger partial charge in [0.1, 0.15) is 0 Å². The summed E-state index contributed by atoms with van der Waals surface area (Å²) < 4.78 is 0. The van der Waals surface area contributed by atoms with E-state index in [9.17, 15) is 9.90 Å². The largest absolute Gasteiger partial charge is 0.481 e. The van der Waals surface area contributed by atoms with Gasteiger partial charge in [-0.25, -0.2) is 0 Å². The molecular weight excluding hydrogens is 502 g/mol. The Labute approximate surface area is 251 Å². The van der Waals surface area contributed by atoms with Gasteiger partial charge in [0.25, 0.3) is 0 Å². The van der Waals surface area contributed by atoms with E-state index in [-0.39, 0.29) is 17.8 Å². The van der Waals surface area contributed by atoms with Crippen molar-refractivity contribution in [3.05, 3.63) is 83.9 Å². The minimum atomic E-state index is -0.662. The average molecular weight is 560 g/mol. The highest BCUT2D eigenvalue weighted by Gasteiger charge is 2.40. The van der Waals surface area contributed by atoms with Crippen molar-refractivity contribution < 1.29 is 9.90 Å². The zero-order valence-corrected chi connectivity index (χ0v) is 25.8. The van der Waals surface area contributed by atoms with Crippen LogP contribution in [0.15, 0.2) is 72.8 Å². The molecule has 2 aromatic rings. The molecule has 0 spiro atoms. The quantitative estimate of drug-likeness (QED) is 0.118. The number of allylic oxidation sites excluding steroid dienone is 2. The van der Waals surface area contributed by atoms with Crippen LogP contribution in [0.5, 0.6) is 0 Å². The van der Waals surface area contributed by atoms with E-state index in [0.717, 1.165) is 38.5 Å². The summed E-state index contributed by atoms with van der Waals surface area (Å²) in [6.45, 7) is 2.90. The van der Waals surface area contributed by atoms with Crippen LogP contribution in [0.1, 0.15) is 121 Å². The van der Waals surface area contributed by atoms with Gasteiger partial charge < -0.3 is 10.8 Å².